The van der Waals surface area contributed by atoms with Gasteiger partial charge in [0, 0.05) is 13.2 Å². The largest absolute Gasteiger partial charge is 0.491 e. The van der Waals surface area contributed by atoms with Crippen molar-refractivity contribution in [3.8, 4) is 5.75 Å². The van der Waals surface area contributed by atoms with Crippen LogP contribution < -0.4 is 10.1 Å². The minimum Gasteiger partial charge on any atom is -0.491 e. The van der Waals surface area contributed by atoms with Crippen LogP contribution in [0.1, 0.15) is 24.1 Å². The lowest BCUT2D eigenvalue weighted by Crippen LogP contribution is -2.16. The highest BCUT2D eigenvalue weighted by molar-refractivity contribution is 5.76. The van der Waals surface area contributed by atoms with Crippen LogP contribution >= 0.6 is 0 Å². The van der Waals surface area contributed by atoms with Gasteiger partial charge in [0.1, 0.15) is 18.2 Å². The SMILES string of the molecule is Cc1nc2ccccc2nc1NCc1cccc(OC[C@@H]2CCCO2)c1. The smallest absolute Gasteiger partial charge is 0.148 e. The molecule has 3 aromatic rings. The standard InChI is InChI=1S/C21H23N3O2/c1-15-21(24-20-10-3-2-9-19(20)23-15)22-13-16-6-4-7-17(12-16)26-14-18-8-5-11-25-18/h2-4,6-7,9-10,12,18H,5,8,11,13-14H2,1H3,(H,22,24)/t18-/m0/s1. The number of rotatable bonds is 6. The van der Waals surface area contributed by atoms with Gasteiger partial charge in [-0.15, -0.1) is 0 Å². The van der Waals surface area contributed by atoms with E-state index in [1.165, 1.54) is 0 Å². The van der Waals surface area contributed by atoms with Crippen LogP contribution in [0, 0.1) is 6.92 Å². The quantitative estimate of drug-likeness (QED) is 0.726. The van der Waals surface area contributed by atoms with Crippen LogP contribution in [0.2, 0.25) is 0 Å². The molecule has 134 valence electrons. The molecule has 0 amide bonds. The maximum absolute atomic E-state index is 5.88. The summed E-state index contributed by atoms with van der Waals surface area (Å²) in [5.41, 5.74) is 3.85. The number of nitrogens with one attached hydrogen (secondary N) is 1. The molecule has 2 aromatic carbocycles. The number of aryl methyl sites for hydroxylation is 1. The van der Waals surface area contributed by atoms with E-state index in [0.29, 0.717) is 13.2 Å². The lowest BCUT2D eigenvalue weighted by molar-refractivity contribution is 0.0679. The highest BCUT2D eigenvalue weighted by Crippen LogP contribution is 2.19. The van der Waals surface area contributed by atoms with Gasteiger partial charge in [-0.3, -0.25) is 0 Å². The van der Waals surface area contributed by atoms with Crippen LogP contribution in [-0.2, 0) is 11.3 Å². The van der Waals surface area contributed by atoms with Crippen molar-refractivity contribution >= 4 is 16.9 Å². The first-order valence-corrected chi connectivity index (χ1v) is 9.08. The third-order valence-corrected chi connectivity index (χ3v) is 4.56. The Morgan fingerprint density at radius 3 is 2.77 bits per heavy atom. The van der Waals surface area contributed by atoms with E-state index in [-0.39, 0.29) is 6.10 Å². The third kappa shape index (κ3) is 3.94. The van der Waals surface area contributed by atoms with Crippen molar-refractivity contribution in [3.05, 3.63) is 59.8 Å². The summed E-state index contributed by atoms with van der Waals surface area (Å²) in [6.07, 6.45) is 2.44. The van der Waals surface area contributed by atoms with Crippen molar-refractivity contribution in [2.75, 3.05) is 18.5 Å². The molecule has 0 aliphatic carbocycles. The number of anilines is 1. The van der Waals surface area contributed by atoms with Gasteiger partial charge in [0.05, 0.1) is 22.8 Å². The molecule has 0 unspecified atom stereocenters. The van der Waals surface area contributed by atoms with E-state index in [0.717, 1.165) is 53.3 Å². The molecule has 1 fully saturated rings. The normalized spacial score (nSPS) is 16.7. The fraction of sp³-hybridized carbons (Fsp3) is 0.333. The summed E-state index contributed by atoms with van der Waals surface area (Å²) in [5.74, 6) is 1.69. The van der Waals surface area contributed by atoms with Crippen LogP contribution in [-0.4, -0.2) is 29.3 Å². The van der Waals surface area contributed by atoms with Crippen LogP contribution in [0.3, 0.4) is 0 Å². The molecule has 0 saturated carbocycles. The summed E-state index contributed by atoms with van der Waals surface area (Å²) in [5, 5.41) is 3.39. The molecule has 1 aromatic heterocycles. The molecule has 5 nitrogen and oxygen atoms in total. The van der Waals surface area contributed by atoms with Crippen LogP contribution in [0.25, 0.3) is 11.0 Å². The van der Waals surface area contributed by atoms with Gasteiger partial charge in [0.15, 0.2) is 0 Å². The van der Waals surface area contributed by atoms with E-state index in [4.69, 9.17) is 9.47 Å². The van der Waals surface area contributed by atoms with Gasteiger partial charge in [-0.2, -0.15) is 0 Å². The highest BCUT2D eigenvalue weighted by Gasteiger charge is 2.16. The summed E-state index contributed by atoms with van der Waals surface area (Å²) < 4.78 is 11.5. The summed E-state index contributed by atoms with van der Waals surface area (Å²) in [7, 11) is 0. The summed E-state index contributed by atoms with van der Waals surface area (Å²) in [6.45, 7) is 4.12. The zero-order chi connectivity index (χ0) is 17.8. The topological polar surface area (TPSA) is 56.3 Å². The van der Waals surface area contributed by atoms with Gasteiger partial charge in [-0.05, 0) is 49.6 Å². The first-order valence-electron chi connectivity index (χ1n) is 9.08. The molecular formula is C21H23N3O2. The Morgan fingerprint density at radius 2 is 1.96 bits per heavy atom. The van der Waals surface area contributed by atoms with Gasteiger partial charge in [-0.25, -0.2) is 9.97 Å². The summed E-state index contributed by atoms with van der Waals surface area (Å²) in [4.78, 5) is 9.29. The van der Waals surface area contributed by atoms with Gasteiger partial charge in [0.2, 0.25) is 0 Å². The number of ether oxygens (including phenoxy) is 2. The van der Waals surface area contributed by atoms with Crippen LogP contribution in [0.5, 0.6) is 5.75 Å². The predicted molar refractivity (Wildman–Crippen MR) is 103 cm³/mol. The van der Waals surface area contributed by atoms with E-state index < -0.39 is 0 Å². The minimum absolute atomic E-state index is 0.229. The molecule has 1 N–H and O–H groups in total. The van der Waals surface area contributed by atoms with Crippen molar-refractivity contribution < 1.29 is 9.47 Å². The van der Waals surface area contributed by atoms with Crippen molar-refractivity contribution in [1.29, 1.82) is 0 Å². The second-order valence-corrected chi connectivity index (χ2v) is 6.59. The van der Waals surface area contributed by atoms with E-state index in [1.54, 1.807) is 0 Å². The Kier molecular flexibility index (Phi) is 4.97. The van der Waals surface area contributed by atoms with Gasteiger partial charge >= 0.3 is 0 Å². The molecule has 5 heteroatoms. The lowest BCUT2D eigenvalue weighted by atomic mass is 10.2. The first kappa shape index (κ1) is 16.8. The van der Waals surface area contributed by atoms with Gasteiger partial charge in [-0.1, -0.05) is 24.3 Å². The molecule has 1 atom stereocenters. The minimum atomic E-state index is 0.229. The number of hydrogen-bond acceptors (Lipinski definition) is 5. The molecule has 4 rings (SSSR count). The van der Waals surface area contributed by atoms with E-state index in [9.17, 15) is 0 Å². The number of aromatic nitrogens is 2. The van der Waals surface area contributed by atoms with Crippen molar-refractivity contribution in [2.45, 2.75) is 32.4 Å². The molecule has 2 heterocycles. The van der Waals surface area contributed by atoms with E-state index in [2.05, 4.69) is 27.4 Å². The maximum Gasteiger partial charge on any atom is 0.148 e. The van der Waals surface area contributed by atoms with Crippen LogP contribution in [0.4, 0.5) is 5.82 Å². The fourth-order valence-electron chi connectivity index (χ4n) is 3.15. The van der Waals surface area contributed by atoms with Gasteiger partial charge in [0.25, 0.3) is 0 Å². The summed E-state index contributed by atoms with van der Waals surface area (Å²) in [6, 6.07) is 16.1. The van der Waals surface area contributed by atoms with Crippen LogP contribution in [0.15, 0.2) is 48.5 Å². The Balaban J connectivity index is 1.41. The third-order valence-electron chi connectivity index (χ3n) is 4.56. The second kappa shape index (κ2) is 7.70. The monoisotopic (exact) mass is 349 g/mol. The molecular weight excluding hydrogens is 326 g/mol. The Bertz CT molecular complexity index is 891. The van der Waals surface area contributed by atoms with Gasteiger partial charge < -0.3 is 14.8 Å². The second-order valence-electron chi connectivity index (χ2n) is 6.59. The molecule has 0 bridgehead atoms. The molecule has 1 aliphatic heterocycles. The predicted octanol–water partition coefficient (Wildman–Crippen LogP) is 4.11. The Morgan fingerprint density at radius 1 is 1.12 bits per heavy atom. The molecule has 1 aliphatic rings. The Labute approximate surface area is 153 Å². The average molecular weight is 349 g/mol. The summed E-state index contributed by atoms with van der Waals surface area (Å²) >= 11 is 0. The lowest BCUT2D eigenvalue weighted by Gasteiger charge is -2.13. The fourth-order valence-corrected chi connectivity index (χ4v) is 3.15. The van der Waals surface area contributed by atoms with E-state index >= 15 is 0 Å². The zero-order valence-electron chi connectivity index (χ0n) is 14.9. The number of hydrogen-bond donors (Lipinski definition) is 1. The molecule has 26 heavy (non-hydrogen) atoms. The average Bonchev–Trinajstić information content (AvgIpc) is 3.19. The number of para-hydroxylation sites is 2. The molecule has 0 radical (unpaired) electrons. The number of nitrogens with zero attached hydrogens (tertiary/aromatic N) is 2. The molecule has 0 spiro atoms. The highest BCUT2D eigenvalue weighted by atomic mass is 16.5. The van der Waals surface area contributed by atoms with E-state index in [1.807, 2.05) is 43.3 Å². The number of benzene rings is 2. The first-order chi connectivity index (χ1) is 12.8. The zero-order valence-corrected chi connectivity index (χ0v) is 14.9. The number of fused-ring (bicyclic) bond motifs is 1. The molecule has 1 saturated heterocycles. The maximum atomic E-state index is 5.88. The van der Waals surface area contributed by atoms with Crippen molar-refractivity contribution in [3.63, 3.8) is 0 Å². The van der Waals surface area contributed by atoms with Crippen molar-refractivity contribution in [2.24, 2.45) is 0 Å². The van der Waals surface area contributed by atoms with Crippen molar-refractivity contribution in [1.82, 2.24) is 9.97 Å². The Hall–Kier alpha value is -2.66.